The van der Waals surface area contributed by atoms with Crippen LogP contribution in [0.2, 0.25) is 0 Å². The van der Waals surface area contributed by atoms with Crippen molar-refractivity contribution in [1.82, 2.24) is 33.7 Å². The van der Waals surface area contributed by atoms with Gasteiger partial charge in [-0.3, -0.25) is 0 Å². The van der Waals surface area contributed by atoms with E-state index in [0.717, 1.165) is 21.9 Å². The molecule has 3 aromatic heterocycles. The molecule has 8 nitrogen and oxygen atoms in total. The summed E-state index contributed by atoms with van der Waals surface area (Å²) in [7, 11) is 0. The molecule has 0 saturated heterocycles. The Morgan fingerprint density at radius 3 is 1.78 bits per heavy atom. The third kappa shape index (κ3) is 8.91. The molecule has 356 valence electrons. The van der Waals surface area contributed by atoms with E-state index < -0.39 is 76.7 Å². The van der Waals surface area contributed by atoms with Crippen LogP contribution in [0, 0.1) is 12.1 Å². The van der Waals surface area contributed by atoms with E-state index in [9.17, 15) is 0 Å². The fourth-order valence-electron chi connectivity index (χ4n) is 8.67. The minimum absolute atomic E-state index is 0. The summed E-state index contributed by atoms with van der Waals surface area (Å²) in [5, 5.41) is 1.82. The summed E-state index contributed by atoms with van der Waals surface area (Å²) in [5.41, 5.74) is 3.24. The number of benzene rings is 7. The Morgan fingerprint density at radius 2 is 1.18 bits per heavy atom. The van der Waals surface area contributed by atoms with Crippen molar-refractivity contribution in [2.75, 3.05) is 0 Å². The number of nitrogens with zero attached hydrogens (tertiary/aromatic N) is 7. The maximum Gasteiger partial charge on any atom is 2.00 e. The summed E-state index contributed by atoms with van der Waals surface area (Å²) in [4.78, 5) is 20.1. The maximum absolute atomic E-state index is 9.17. The molecule has 7 aromatic carbocycles. The first-order chi connectivity index (χ1) is 38.2. The molecule has 0 bridgehead atoms. The fourth-order valence-corrected chi connectivity index (χ4v) is 8.67. The van der Waals surface area contributed by atoms with Gasteiger partial charge in [0.05, 0.1) is 24.8 Å². The molecular formula is C63H55N7OPt+2. The second kappa shape index (κ2) is 18.5. The van der Waals surface area contributed by atoms with Crippen LogP contribution in [-0.4, -0.2) is 30.5 Å². The zero-order chi connectivity index (χ0) is 57.9. The van der Waals surface area contributed by atoms with Crippen molar-refractivity contribution in [1.29, 1.82) is 0 Å². The number of fused-ring (bicyclic) bond motifs is 4. The third-order valence-corrected chi connectivity index (χ3v) is 12.3. The SMILES string of the molecule is [2H]c1c([2H])c([2H])c(-c2cccc(-c3c([2H])c([2H])c([2H])c([2H])c3[2H])c2[N+]2=C=[N+](c3[c-]c(Oc4[c-]c5c(cc4-c4nc(C(C)(C)C)nc(C(C)(C)C)n4)c4ccccc4n5-c4ccccn4)cc(C(C)(C)C)c3)c3ccccc32)c([2H])c1[2H].[Pt+2]. The minimum Gasteiger partial charge on any atom is -0.508 e. The maximum atomic E-state index is 9.17. The summed E-state index contributed by atoms with van der Waals surface area (Å²) in [6.07, 6.45) is 1.75. The van der Waals surface area contributed by atoms with Crippen LogP contribution in [0.15, 0.2) is 170 Å². The van der Waals surface area contributed by atoms with Crippen molar-refractivity contribution < 1.29 is 39.5 Å². The first kappa shape index (κ1) is 37.2. The van der Waals surface area contributed by atoms with Crippen LogP contribution < -0.4 is 13.9 Å². The van der Waals surface area contributed by atoms with E-state index in [2.05, 4.69) is 91.1 Å². The topological polar surface area (TPSA) is 71.7 Å². The summed E-state index contributed by atoms with van der Waals surface area (Å²) in [5.74, 6) is 2.89. The molecular weight excluding hydrogens is 1070 g/mol. The van der Waals surface area contributed by atoms with Gasteiger partial charge in [0.2, 0.25) is 5.69 Å². The molecule has 0 fully saturated rings. The number of hydrogen-bond donors (Lipinski definition) is 0. The fraction of sp³-hybridized carbons (Fsp3) is 0.190. The molecule has 72 heavy (non-hydrogen) atoms. The van der Waals surface area contributed by atoms with Gasteiger partial charge in [-0.2, -0.15) is 0 Å². The van der Waals surface area contributed by atoms with E-state index in [1.165, 1.54) is 0 Å². The van der Waals surface area contributed by atoms with Crippen LogP contribution in [-0.2, 0) is 37.3 Å². The van der Waals surface area contributed by atoms with Gasteiger partial charge in [0, 0.05) is 46.2 Å². The minimum atomic E-state index is -0.585. The van der Waals surface area contributed by atoms with Gasteiger partial charge in [-0.15, -0.1) is 29.1 Å². The standard InChI is InChI=1S/C63H55N7O.Pt/c1-61(2,3)43-35-44(68-40-69(53-32-19-18-31-52(53)68)57-46(41-23-12-10-13-24-41)28-22-29-47(57)42-25-14-11-15-26-42)37-45(36-43)71-55-39-54-49(48-27-16-17-30-51(48)70(54)56-33-20-21-34-64-56)38-50(55)58-65-59(62(4,5)6)67-60(66-58)63(7,8)9;/h10-36,38H,1-9H3;/q;+2/i10D,11D,12D,13D,14D,15D,23D,24D,25D,26D;. The molecule has 0 unspecified atom stereocenters. The number of hydrogen-bond acceptors (Lipinski definition) is 5. The number of pyridine rings is 1. The van der Waals surface area contributed by atoms with Crippen LogP contribution in [0.4, 0.5) is 22.7 Å². The summed E-state index contributed by atoms with van der Waals surface area (Å²) < 4.78 is 101. The van der Waals surface area contributed by atoms with Crippen LogP contribution >= 0.6 is 0 Å². The Hall–Kier alpha value is -7.63. The predicted molar refractivity (Wildman–Crippen MR) is 289 cm³/mol. The average molecular weight is 1130 g/mol. The molecule has 0 N–H and O–H groups in total. The van der Waals surface area contributed by atoms with E-state index in [-0.39, 0.29) is 49.0 Å². The average Bonchev–Trinajstić information content (AvgIpc) is 3.75. The van der Waals surface area contributed by atoms with Crippen molar-refractivity contribution in [3.63, 3.8) is 0 Å². The molecule has 1 aliphatic rings. The molecule has 0 saturated carbocycles. The largest absolute Gasteiger partial charge is 2.00 e. The first-order valence-corrected chi connectivity index (χ1v) is 23.4. The zero-order valence-electron chi connectivity index (χ0n) is 51.2. The Labute approximate surface area is 450 Å². The van der Waals surface area contributed by atoms with Gasteiger partial charge >= 0.3 is 27.1 Å². The summed E-state index contributed by atoms with van der Waals surface area (Å²) in [6.45, 7) is 18.6. The molecule has 0 atom stereocenters. The summed E-state index contributed by atoms with van der Waals surface area (Å²) >= 11 is 0. The molecule has 0 radical (unpaired) electrons. The molecule has 9 heteroatoms. The Kier molecular flexibility index (Phi) is 9.57. The van der Waals surface area contributed by atoms with Crippen LogP contribution in [0.1, 0.15) is 93.2 Å². The number of para-hydroxylation sites is 4. The molecule has 0 spiro atoms. The van der Waals surface area contributed by atoms with Crippen molar-refractivity contribution >= 4 is 50.6 Å². The number of rotatable bonds is 8. The Balaban J connectivity index is 0.00000753. The molecule has 11 rings (SSSR count). The van der Waals surface area contributed by atoms with Gasteiger partial charge in [0.25, 0.3) is 11.4 Å². The molecule has 0 amide bonds. The molecule has 10 aromatic rings. The molecule has 4 heterocycles. The van der Waals surface area contributed by atoms with Crippen molar-refractivity contribution in [3.05, 3.63) is 199 Å². The molecule has 0 aliphatic carbocycles. The van der Waals surface area contributed by atoms with Crippen LogP contribution in [0.3, 0.4) is 0 Å². The van der Waals surface area contributed by atoms with E-state index in [0.29, 0.717) is 62.9 Å². The summed E-state index contributed by atoms with van der Waals surface area (Å²) in [6, 6.07) is 37.3. The van der Waals surface area contributed by atoms with E-state index >= 15 is 0 Å². The second-order valence-electron chi connectivity index (χ2n) is 20.6. The van der Waals surface area contributed by atoms with E-state index in [1.54, 1.807) is 33.5 Å². The predicted octanol–water partition coefficient (Wildman–Crippen LogP) is 15.5. The van der Waals surface area contributed by atoms with Gasteiger partial charge in [-0.1, -0.05) is 187 Å². The Morgan fingerprint density at radius 1 is 0.583 bits per heavy atom. The second-order valence-corrected chi connectivity index (χ2v) is 20.6. The normalized spacial score (nSPS) is 14.6. The van der Waals surface area contributed by atoms with E-state index in [1.807, 2.05) is 78.9 Å². The van der Waals surface area contributed by atoms with Crippen LogP contribution in [0.5, 0.6) is 11.5 Å². The zero-order valence-corrected chi connectivity index (χ0v) is 43.5. The van der Waals surface area contributed by atoms with Gasteiger partial charge in [-0.25, -0.2) is 19.9 Å². The number of aromatic nitrogens is 5. The first-order valence-electron chi connectivity index (χ1n) is 28.4. The Bertz CT molecular complexity index is 4210. The van der Waals surface area contributed by atoms with Gasteiger partial charge in [0.1, 0.15) is 29.0 Å². The quantitative estimate of drug-likeness (QED) is 0.112. The van der Waals surface area contributed by atoms with Gasteiger partial charge in [-0.05, 0) is 62.4 Å². The number of ether oxygens (including phenoxy) is 1. The van der Waals surface area contributed by atoms with Crippen molar-refractivity contribution in [2.24, 2.45) is 0 Å². The van der Waals surface area contributed by atoms with Gasteiger partial charge in [0.15, 0.2) is 0 Å². The monoisotopic (exact) mass is 1130 g/mol. The van der Waals surface area contributed by atoms with Crippen LogP contribution in [0.25, 0.3) is 61.3 Å². The van der Waals surface area contributed by atoms with Crippen molar-refractivity contribution in [2.45, 2.75) is 78.6 Å². The van der Waals surface area contributed by atoms with E-state index in [4.69, 9.17) is 38.4 Å². The smallest absolute Gasteiger partial charge is 0.508 e. The van der Waals surface area contributed by atoms with Gasteiger partial charge < -0.3 is 9.30 Å². The third-order valence-electron chi connectivity index (χ3n) is 12.3. The molecule has 1 aliphatic heterocycles. The van der Waals surface area contributed by atoms with Crippen molar-refractivity contribution in [3.8, 4) is 51.0 Å².